The molecular weight excluding hydrogens is 180 g/mol. The number of carbonyl (C=O) groups is 1. The zero-order chi connectivity index (χ0) is 9.84. The van der Waals surface area contributed by atoms with Crippen molar-refractivity contribution in [3.63, 3.8) is 0 Å². The maximum absolute atomic E-state index is 12.1. The maximum atomic E-state index is 12.1. The molecule has 1 rings (SSSR count). The van der Waals surface area contributed by atoms with Crippen LogP contribution in [0.4, 0.5) is 8.78 Å². The van der Waals surface area contributed by atoms with Gasteiger partial charge in [0.1, 0.15) is 0 Å². The number of hydrogen-bond donors (Lipinski definition) is 0. The first kappa shape index (κ1) is 9.57. The lowest BCUT2D eigenvalue weighted by atomic mass is 10.2. The Hall–Kier alpha value is -1.52. The number of hydrogen-bond acceptors (Lipinski definition) is 3. The zero-order valence-electron chi connectivity index (χ0n) is 6.54. The second-order valence-corrected chi connectivity index (χ2v) is 2.43. The highest BCUT2D eigenvalue weighted by Gasteiger charge is 2.07. The van der Waals surface area contributed by atoms with Crippen molar-refractivity contribution < 1.29 is 18.7 Å². The molecule has 0 bridgehead atoms. The molecule has 0 N–H and O–H groups in total. The van der Waals surface area contributed by atoms with Gasteiger partial charge in [0.2, 0.25) is 0 Å². The number of carboxylic acid groups (broad SMARTS) is 1. The van der Waals surface area contributed by atoms with Crippen LogP contribution in [0.5, 0.6) is 0 Å². The van der Waals surface area contributed by atoms with Crippen molar-refractivity contribution >= 4 is 5.97 Å². The Morgan fingerprint density at radius 3 is 2.85 bits per heavy atom. The van der Waals surface area contributed by atoms with E-state index >= 15 is 0 Å². The van der Waals surface area contributed by atoms with E-state index in [0.29, 0.717) is 0 Å². The van der Waals surface area contributed by atoms with Gasteiger partial charge >= 0.3 is 0 Å². The lowest BCUT2D eigenvalue weighted by molar-refractivity contribution is -0.304. The van der Waals surface area contributed by atoms with Gasteiger partial charge < -0.3 is 9.90 Å². The van der Waals surface area contributed by atoms with E-state index < -0.39 is 18.8 Å². The second-order valence-electron chi connectivity index (χ2n) is 2.43. The molecule has 5 heteroatoms. The van der Waals surface area contributed by atoms with Crippen molar-refractivity contribution in [2.24, 2.45) is 0 Å². The standard InChI is InChI=1S/C8H7F2NO2/c9-8(10)5-1-2-11-6(3-5)4-7(12)13/h1-3,8H,4H2,(H,12,13)/p-1. The predicted octanol–water partition coefficient (Wildman–Crippen LogP) is 0.312. The van der Waals surface area contributed by atoms with E-state index in [1.54, 1.807) is 0 Å². The molecule has 0 aliphatic rings. The van der Waals surface area contributed by atoms with Crippen molar-refractivity contribution in [2.75, 3.05) is 0 Å². The fourth-order valence-electron chi connectivity index (χ4n) is 0.877. The molecule has 0 aromatic carbocycles. The SMILES string of the molecule is O=C([O-])Cc1cc(C(F)F)ccn1. The molecule has 70 valence electrons. The van der Waals surface area contributed by atoms with Gasteiger partial charge in [0.15, 0.2) is 0 Å². The molecular formula is C8H6F2NO2-. The van der Waals surface area contributed by atoms with Gasteiger partial charge in [-0.15, -0.1) is 0 Å². The van der Waals surface area contributed by atoms with Gasteiger partial charge in [-0.25, -0.2) is 8.78 Å². The molecule has 0 aliphatic carbocycles. The van der Waals surface area contributed by atoms with Crippen LogP contribution in [0, 0.1) is 0 Å². The van der Waals surface area contributed by atoms with Gasteiger partial charge in [-0.05, 0) is 12.1 Å². The topological polar surface area (TPSA) is 53.0 Å². The van der Waals surface area contributed by atoms with E-state index in [4.69, 9.17) is 0 Å². The third kappa shape index (κ3) is 2.77. The number of pyridine rings is 1. The van der Waals surface area contributed by atoms with Crippen molar-refractivity contribution in [2.45, 2.75) is 12.8 Å². The highest BCUT2D eigenvalue weighted by Crippen LogP contribution is 2.18. The van der Waals surface area contributed by atoms with Crippen molar-refractivity contribution in [3.8, 4) is 0 Å². The summed E-state index contributed by atoms with van der Waals surface area (Å²) < 4.78 is 24.2. The van der Waals surface area contributed by atoms with E-state index in [1.165, 1.54) is 0 Å². The molecule has 0 saturated carbocycles. The van der Waals surface area contributed by atoms with Gasteiger partial charge in [0.25, 0.3) is 6.43 Å². The smallest absolute Gasteiger partial charge is 0.263 e. The molecule has 0 amide bonds. The van der Waals surface area contributed by atoms with E-state index in [-0.39, 0.29) is 11.3 Å². The van der Waals surface area contributed by atoms with Crippen molar-refractivity contribution in [1.29, 1.82) is 0 Å². The van der Waals surface area contributed by atoms with E-state index in [0.717, 1.165) is 18.3 Å². The molecule has 1 aromatic rings. The van der Waals surface area contributed by atoms with Crippen LogP contribution < -0.4 is 5.11 Å². The summed E-state index contributed by atoms with van der Waals surface area (Å²) >= 11 is 0. The molecule has 0 aliphatic heterocycles. The Morgan fingerprint density at radius 1 is 1.62 bits per heavy atom. The second kappa shape index (κ2) is 3.93. The summed E-state index contributed by atoms with van der Waals surface area (Å²) in [5.41, 5.74) is -0.149. The first-order valence-corrected chi connectivity index (χ1v) is 3.52. The van der Waals surface area contributed by atoms with Crippen LogP contribution in [0.1, 0.15) is 17.7 Å². The Balaban J connectivity index is 2.85. The number of carbonyl (C=O) groups excluding carboxylic acids is 1. The Bertz CT molecular complexity index is 315. The number of alkyl halides is 2. The average molecular weight is 186 g/mol. The normalized spacial score (nSPS) is 10.4. The van der Waals surface area contributed by atoms with E-state index in [2.05, 4.69) is 4.98 Å². The highest BCUT2D eigenvalue weighted by atomic mass is 19.3. The number of aliphatic carboxylic acids is 1. The van der Waals surface area contributed by atoms with Gasteiger partial charge in [-0.1, -0.05) is 0 Å². The molecule has 0 fully saturated rings. The van der Waals surface area contributed by atoms with Gasteiger partial charge in [-0.2, -0.15) is 0 Å². The monoisotopic (exact) mass is 186 g/mol. The molecule has 13 heavy (non-hydrogen) atoms. The zero-order valence-corrected chi connectivity index (χ0v) is 6.54. The Morgan fingerprint density at radius 2 is 2.31 bits per heavy atom. The summed E-state index contributed by atoms with van der Waals surface area (Å²) in [7, 11) is 0. The molecule has 1 aromatic heterocycles. The van der Waals surface area contributed by atoms with Crippen LogP contribution in [-0.2, 0) is 11.2 Å². The molecule has 3 nitrogen and oxygen atoms in total. The van der Waals surface area contributed by atoms with Crippen LogP contribution in [0.3, 0.4) is 0 Å². The van der Waals surface area contributed by atoms with Gasteiger partial charge in [0, 0.05) is 29.8 Å². The molecule has 1 heterocycles. The number of halogens is 2. The predicted molar refractivity (Wildman–Crippen MR) is 37.9 cm³/mol. The maximum Gasteiger partial charge on any atom is 0.263 e. The lowest BCUT2D eigenvalue weighted by Crippen LogP contribution is -2.24. The van der Waals surface area contributed by atoms with E-state index in [9.17, 15) is 18.7 Å². The van der Waals surface area contributed by atoms with E-state index in [1.807, 2.05) is 0 Å². The molecule has 0 spiro atoms. The largest absolute Gasteiger partial charge is 0.550 e. The number of aromatic nitrogens is 1. The minimum Gasteiger partial charge on any atom is -0.550 e. The lowest BCUT2D eigenvalue weighted by Gasteiger charge is -2.03. The minimum absolute atomic E-state index is 0.0813. The van der Waals surface area contributed by atoms with Crippen LogP contribution in [0.2, 0.25) is 0 Å². The van der Waals surface area contributed by atoms with Gasteiger partial charge in [0.05, 0.1) is 0 Å². The number of carboxylic acids is 1. The fourth-order valence-corrected chi connectivity index (χ4v) is 0.877. The van der Waals surface area contributed by atoms with Crippen LogP contribution >= 0.6 is 0 Å². The van der Waals surface area contributed by atoms with Gasteiger partial charge in [-0.3, -0.25) is 4.98 Å². The van der Waals surface area contributed by atoms with Crippen LogP contribution in [0.15, 0.2) is 18.3 Å². The molecule has 0 saturated heterocycles. The number of rotatable bonds is 3. The first-order chi connectivity index (χ1) is 6.09. The average Bonchev–Trinajstić information content (AvgIpc) is 2.03. The van der Waals surface area contributed by atoms with Crippen LogP contribution in [0.25, 0.3) is 0 Å². The molecule has 0 unspecified atom stereocenters. The highest BCUT2D eigenvalue weighted by molar-refractivity contribution is 5.67. The summed E-state index contributed by atoms with van der Waals surface area (Å²) in [4.78, 5) is 13.7. The summed E-state index contributed by atoms with van der Waals surface area (Å²) in [6.07, 6.45) is -1.90. The Labute approximate surface area is 73.0 Å². The molecule has 0 radical (unpaired) electrons. The summed E-state index contributed by atoms with van der Waals surface area (Å²) in [6, 6.07) is 2.20. The van der Waals surface area contributed by atoms with Crippen LogP contribution in [-0.4, -0.2) is 11.0 Å². The van der Waals surface area contributed by atoms with Crippen molar-refractivity contribution in [3.05, 3.63) is 29.6 Å². The fraction of sp³-hybridized carbons (Fsp3) is 0.250. The summed E-state index contributed by atoms with van der Waals surface area (Å²) in [6.45, 7) is 0. The summed E-state index contributed by atoms with van der Waals surface area (Å²) in [5.74, 6) is -1.33. The molecule has 0 atom stereocenters. The number of nitrogens with zero attached hydrogens (tertiary/aromatic N) is 1. The van der Waals surface area contributed by atoms with Crippen molar-refractivity contribution in [1.82, 2.24) is 4.98 Å². The quantitative estimate of drug-likeness (QED) is 0.682. The minimum atomic E-state index is -2.61. The third-order valence-corrected chi connectivity index (χ3v) is 1.42. The first-order valence-electron chi connectivity index (χ1n) is 3.52. The summed E-state index contributed by atoms with van der Waals surface area (Å²) in [5, 5.41) is 10.1. The Kier molecular flexibility index (Phi) is 2.89. The third-order valence-electron chi connectivity index (χ3n) is 1.42.